The van der Waals surface area contributed by atoms with Gasteiger partial charge in [-0.15, -0.1) is 0 Å². The van der Waals surface area contributed by atoms with Gasteiger partial charge in [0.25, 0.3) is 5.56 Å². The quantitative estimate of drug-likeness (QED) is 0.342. The molecule has 1 aliphatic rings. The summed E-state index contributed by atoms with van der Waals surface area (Å²) in [7, 11) is 0. The molecule has 0 fully saturated rings. The normalized spacial score (nSPS) is 13.6. The fourth-order valence-corrected chi connectivity index (χ4v) is 4.42. The average Bonchev–Trinajstić information content (AvgIpc) is 3.35. The van der Waals surface area contributed by atoms with Gasteiger partial charge in [-0.1, -0.05) is 23.9 Å². The van der Waals surface area contributed by atoms with Crippen molar-refractivity contribution < 1.29 is 18.7 Å². The van der Waals surface area contributed by atoms with Gasteiger partial charge < -0.3 is 19.2 Å². The van der Waals surface area contributed by atoms with E-state index in [9.17, 15) is 9.59 Å². The van der Waals surface area contributed by atoms with E-state index in [1.165, 1.54) is 11.8 Å². The molecule has 9 heteroatoms. The van der Waals surface area contributed by atoms with Gasteiger partial charge >= 0.3 is 0 Å². The number of rotatable bonds is 6. The van der Waals surface area contributed by atoms with E-state index in [2.05, 4.69) is 10.3 Å². The topological polar surface area (TPSA) is 95.6 Å². The molecule has 1 amide bonds. The van der Waals surface area contributed by atoms with Crippen LogP contribution in [0.2, 0.25) is 0 Å². The van der Waals surface area contributed by atoms with Crippen molar-refractivity contribution in [1.82, 2.24) is 9.55 Å². The van der Waals surface area contributed by atoms with Crippen molar-refractivity contribution in [3.8, 4) is 11.5 Å². The van der Waals surface area contributed by atoms with E-state index in [1.54, 1.807) is 66.3 Å². The summed E-state index contributed by atoms with van der Waals surface area (Å²) in [5, 5.41) is 3.34. The number of benzene rings is 2. The number of hydrogen-bond acceptors (Lipinski definition) is 7. The lowest BCUT2D eigenvalue weighted by molar-refractivity contribution is -0.115. The molecule has 0 bridgehead atoms. The average molecular weight is 464 g/mol. The lowest BCUT2D eigenvalue weighted by Gasteiger charge is -2.19. The minimum Gasteiger partial charge on any atom is -0.486 e. The Morgan fingerprint density at radius 1 is 1.12 bits per heavy atom. The van der Waals surface area contributed by atoms with Crippen LogP contribution in [0.5, 0.6) is 11.5 Å². The van der Waals surface area contributed by atoms with E-state index >= 15 is 0 Å². The number of thioether (sulfide) groups is 1. The summed E-state index contributed by atoms with van der Waals surface area (Å²) < 4.78 is 18.1. The highest BCUT2D eigenvalue weighted by Gasteiger charge is 2.21. The van der Waals surface area contributed by atoms with Gasteiger partial charge in [0.15, 0.2) is 16.7 Å². The van der Waals surface area contributed by atoms with Crippen LogP contribution in [-0.4, -0.2) is 33.9 Å². The first-order chi connectivity index (χ1) is 16.1. The Kier molecular flexibility index (Phi) is 5.78. The third-order valence-corrected chi connectivity index (χ3v) is 6.27. The zero-order chi connectivity index (χ0) is 22.8. The number of para-hydroxylation sites is 1. The molecule has 0 unspecified atom stereocenters. The van der Waals surface area contributed by atoms with Crippen LogP contribution < -0.4 is 20.3 Å². The first-order valence-corrected chi connectivity index (χ1v) is 11.4. The number of carbonyl (C=O) groups excluding carboxylic acids is 1. The van der Waals surface area contributed by atoms with Gasteiger partial charge in [0.05, 0.1) is 29.0 Å². The van der Waals surface area contributed by atoms with E-state index in [1.807, 2.05) is 6.07 Å². The molecule has 33 heavy (non-hydrogen) atoms. The smallest absolute Gasteiger partial charge is 0.262 e. The second-order valence-electron chi connectivity index (χ2n) is 7.49. The molecule has 1 atom stereocenters. The van der Waals surface area contributed by atoms with Gasteiger partial charge in [-0.2, -0.15) is 0 Å². The molecule has 4 aromatic rings. The minimum atomic E-state index is -0.519. The number of anilines is 1. The van der Waals surface area contributed by atoms with Crippen LogP contribution in [0.15, 0.2) is 75.2 Å². The van der Waals surface area contributed by atoms with E-state index in [0.717, 1.165) is 0 Å². The fourth-order valence-electron chi connectivity index (χ4n) is 3.51. The molecular formula is C24H21N3O5S. The third kappa shape index (κ3) is 4.45. The maximum absolute atomic E-state index is 13.2. The minimum absolute atomic E-state index is 0.182. The number of furan rings is 1. The Morgan fingerprint density at radius 3 is 2.76 bits per heavy atom. The summed E-state index contributed by atoms with van der Waals surface area (Å²) in [5.41, 5.74) is 1.01. The van der Waals surface area contributed by atoms with Crippen molar-refractivity contribution in [2.24, 2.45) is 0 Å². The number of nitrogens with zero attached hydrogens (tertiary/aromatic N) is 2. The second-order valence-corrected chi connectivity index (χ2v) is 8.80. The maximum atomic E-state index is 13.2. The largest absolute Gasteiger partial charge is 0.486 e. The summed E-state index contributed by atoms with van der Waals surface area (Å²) in [6.07, 6.45) is 1.56. The number of ether oxygens (including phenoxy) is 2. The van der Waals surface area contributed by atoms with Crippen LogP contribution in [0.4, 0.5) is 5.69 Å². The molecule has 8 nitrogen and oxygen atoms in total. The predicted octanol–water partition coefficient (Wildman–Crippen LogP) is 3.93. The molecule has 0 radical (unpaired) electrons. The molecule has 0 saturated carbocycles. The van der Waals surface area contributed by atoms with Crippen LogP contribution >= 0.6 is 11.8 Å². The molecule has 3 heterocycles. The zero-order valence-corrected chi connectivity index (χ0v) is 18.6. The van der Waals surface area contributed by atoms with Gasteiger partial charge in [0.2, 0.25) is 5.91 Å². The van der Waals surface area contributed by atoms with E-state index < -0.39 is 5.25 Å². The van der Waals surface area contributed by atoms with Crippen molar-refractivity contribution in [3.05, 3.63) is 77.0 Å². The van der Waals surface area contributed by atoms with Gasteiger partial charge in [0.1, 0.15) is 19.0 Å². The third-order valence-electron chi connectivity index (χ3n) is 5.18. The summed E-state index contributed by atoms with van der Waals surface area (Å²) in [5.74, 6) is 1.67. The maximum Gasteiger partial charge on any atom is 0.262 e. The molecule has 2 aromatic heterocycles. The Balaban J connectivity index is 1.40. The number of fused-ring (bicyclic) bond motifs is 2. The first-order valence-electron chi connectivity index (χ1n) is 10.5. The Morgan fingerprint density at radius 2 is 1.94 bits per heavy atom. The molecule has 5 rings (SSSR count). The van der Waals surface area contributed by atoms with Gasteiger partial charge in [-0.05, 0) is 43.3 Å². The standard InChI is InChI=1S/C24H21N3O5S/c1-15(22(28)25-16-8-9-20-21(13-16)32-12-11-31-20)33-24-26-19-7-3-2-6-18(19)23(29)27(24)14-17-5-4-10-30-17/h2-10,13,15H,11-12,14H2,1H3,(H,25,28)/t15-/m1/s1. The predicted molar refractivity (Wildman–Crippen MR) is 125 cm³/mol. The molecule has 1 aliphatic heterocycles. The molecular weight excluding hydrogens is 442 g/mol. The first kappa shape index (κ1) is 21.1. The van der Waals surface area contributed by atoms with Crippen LogP contribution in [0.1, 0.15) is 12.7 Å². The summed E-state index contributed by atoms with van der Waals surface area (Å²) in [6, 6.07) is 16.0. The SMILES string of the molecule is C[C@@H](Sc1nc2ccccc2c(=O)n1Cc1ccco1)C(=O)Nc1ccc2c(c1)OCCO2. The highest BCUT2D eigenvalue weighted by Crippen LogP contribution is 2.33. The van der Waals surface area contributed by atoms with Crippen molar-refractivity contribution in [2.75, 3.05) is 18.5 Å². The number of aromatic nitrogens is 2. The molecule has 0 spiro atoms. The van der Waals surface area contributed by atoms with Crippen LogP contribution in [-0.2, 0) is 11.3 Å². The van der Waals surface area contributed by atoms with Crippen molar-refractivity contribution in [2.45, 2.75) is 23.9 Å². The Bertz CT molecular complexity index is 1370. The monoisotopic (exact) mass is 463 g/mol. The van der Waals surface area contributed by atoms with E-state index in [-0.39, 0.29) is 18.0 Å². The highest BCUT2D eigenvalue weighted by atomic mass is 32.2. The van der Waals surface area contributed by atoms with Gasteiger partial charge in [-0.25, -0.2) is 4.98 Å². The second kappa shape index (κ2) is 9.03. The number of hydrogen-bond donors (Lipinski definition) is 1. The molecule has 2 aromatic carbocycles. The van der Waals surface area contributed by atoms with Crippen molar-refractivity contribution in [1.29, 1.82) is 0 Å². The number of carbonyl (C=O) groups is 1. The summed E-state index contributed by atoms with van der Waals surface area (Å²) >= 11 is 1.22. The number of nitrogens with one attached hydrogen (secondary N) is 1. The zero-order valence-electron chi connectivity index (χ0n) is 17.8. The highest BCUT2D eigenvalue weighted by molar-refractivity contribution is 8.00. The molecule has 1 N–H and O–H groups in total. The van der Waals surface area contributed by atoms with Crippen LogP contribution in [0.3, 0.4) is 0 Å². The summed E-state index contributed by atoms with van der Waals surface area (Å²) in [4.78, 5) is 30.8. The molecule has 0 saturated heterocycles. The van der Waals surface area contributed by atoms with E-state index in [4.69, 9.17) is 13.9 Å². The van der Waals surface area contributed by atoms with Gasteiger partial charge in [-0.3, -0.25) is 14.2 Å². The summed E-state index contributed by atoms with van der Waals surface area (Å²) in [6.45, 7) is 2.97. The Hall–Kier alpha value is -3.72. The Labute approximate surface area is 193 Å². The van der Waals surface area contributed by atoms with Crippen LogP contribution in [0, 0.1) is 0 Å². The fraction of sp³-hybridized carbons (Fsp3) is 0.208. The lowest BCUT2D eigenvalue weighted by atomic mass is 10.2. The van der Waals surface area contributed by atoms with Crippen molar-refractivity contribution >= 4 is 34.3 Å². The van der Waals surface area contributed by atoms with E-state index in [0.29, 0.717) is 52.2 Å². The van der Waals surface area contributed by atoms with Crippen molar-refractivity contribution in [3.63, 3.8) is 0 Å². The van der Waals surface area contributed by atoms with Crippen LogP contribution in [0.25, 0.3) is 10.9 Å². The molecule has 168 valence electrons. The number of amides is 1. The lowest BCUT2D eigenvalue weighted by Crippen LogP contribution is -2.27. The van der Waals surface area contributed by atoms with Gasteiger partial charge in [0, 0.05) is 11.8 Å². The molecule has 0 aliphatic carbocycles.